The lowest BCUT2D eigenvalue weighted by Gasteiger charge is -2.23. The van der Waals surface area contributed by atoms with E-state index in [1.54, 1.807) is 0 Å². The van der Waals surface area contributed by atoms with E-state index in [0.29, 0.717) is 6.54 Å². The smallest absolute Gasteiger partial charge is 0.128 e. The van der Waals surface area contributed by atoms with Crippen molar-refractivity contribution in [2.24, 2.45) is 0 Å². The minimum atomic E-state index is 0.151. The van der Waals surface area contributed by atoms with Crippen molar-refractivity contribution in [1.82, 2.24) is 14.7 Å². The van der Waals surface area contributed by atoms with Crippen LogP contribution >= 0.6 is 0 Å². The van der Waals surface area contributed by atoms with E-state index in [4.69, 9.17) is 10.4 Å². The number of nitriles is 1. The lowest BCUT2D eigenvalue weighted by molar-refractivity contribution is 0.308. The molecule has 0 N–H and O–H groups in total. The summed E-state index contributed by atoms with van der Waals surface area (Å²) in [5, 5.41) is 13.8. The molecule has 0 spiro atoms. The van der Waals surface area contributed by atoms with Gasteiger partial charge in [0.15, 0.2) is 0 Å². The van der Waals surface area contributed by atoms with Crippen molar-refractivity contribution in [2.45, 2.75) is 45.7 Å². The van der Waals surface area contributed by atoms with Crippen LogP contribution in [0.5, 0.6) is 0 Å². The number of fused-ring (bicyclic) bond motifs is 1. The van der Waals surface area contributed by atoms with Crippen LogP contribution in [0.3, 0.4) is 0 Å². The highest BCUT2D eigenvalue weighted by atomic mass is 15.3. The molecule has 1 aromatic heterocycles. The van der Waals surface area contributed by atoms with Crippen molar-refractivity contribution in [3.05, 3.63) is 41.1 Å². The average molecular weight is 308 g/mol. The normalized spacial score (nSPS) is 15.3. The fourth-order valence-corrected chi connectivity index (χ4v) is 3.18. The summed E-state index contributed by atoms with van der Waals surface area (Å²) in [6.45, 7) is 8.91. The molecule has 2 aromatic rings. The molecule has 0 unspecified atom stereocenters. The number of nitrogens with zero attached hydrogens (tertiary/aromatic N) is 4. The first-order chi connectivity index (χ1) is 10.9. The highest BCUT2D eigenvalue weighted by Crippen LogP contribution is 2.31. The number of rotatable bonds is 2. The molecule has 1 aliphatic heterocycles. The standard InChI is InChI=1S/C19H24N4/c1-19(2,3)15-7-5-14(6-8-15)18-16-13-22(4)11-9-17(16)23(21-18)12-10-20/h5-8H,9,11-13H2,1-4H3. The zero-order valence-electron chi connectivity index (χ0n) is 14.4. The summed E-state index contributed by atoms with van der Waals surface area (Å²) in [5.74, 6) is 0. The molecular weight excluding hydrogens is 284 g/mol. The second-order valence-corrected chi connectivity index (χ2v) is 7.40. The molecule has 1 aliphatic rings. The van der Waals surface area contributed by atoms with E-state index < -0.39 is 0 Å². The van der Waals surface area contributed by atoms with Crippen molar-refractivity contribution in [3.8, 4) is 17.3 Å². The van der Waals surface area contributed by atoms with E-state index in [1.807, 2.05) is 4.68 Å². The first kappa shape index (κ1) is 15.8. The summed E-state index contributed by atoms with van der Waals surface area (Å²) in [6, 6.07) is 10.9. The van der Waals surface area contributed by atoms with Gasteiger partial charge < -0.3 is 4.90 Å². The van der Waals surface area contributed by atoms with Crippen LogP contribution in [0, 0.1) is 11.3 Å². The zero-order valence-corrected chi connectivity index (χ0v) is 14.4. The van der Waals surface area contributed by atoms with Gasteiger partial charge in [-0.3, -0.25) is 4.68 Å². The zero-order chi connectivity index (χ0) is 16.6. The SMILES string of the molecule is CN1CCc2c(c(-c3ccc(C(C)(C)C)cc3)nn2CC#N)C1. The van der Waals surface area contributed by atoms with Gasteiger partial charge in [-0.15, -0.1) is 0 Å². The van der Waals surface area contributed by atoms with Crippen molar-refractivity contribution < 1.29 is 0 Å². The summed E-state index contributed by atoms with van der Waals surface area (Å²) in [5.41, 5.74) is 6.14. The Morgan fingerprint density at radius 3 is 2.52 bits per heavy atom. The van der Waals surface area contributed by atoms with Gasteiger partial charge >= 0.3 is 0 Å². The lowest BCUT2D eigenvalue weighted by atomic mass is 9.86. The van der Waals surface area contributed by atoms with Gasteiger partial charge in [0.05, 0.1) is 11.8 Å². The number of hydrogen-bond donors (Lipinski definition) is 0. The van der Waals surface area contributed by atoms with Crippen LogP contribution in [-0.4, -0.2) is 28.3 Å². The summed E-state index contributed by atoms with van der Waals surface area (Å²) < 4.78 is 1.88. The molecule has 2 heterocycles. The lowest BCUT2D eigenvalue weighted by Crippen LogP contribution is -2.27. The molecule has 3 rings (SSSR count). The Balaban J connectivity index is 2.04. The number of benzene rings is 1. The summed E-state index contributed by atoms with van der Waals surface area (Å²) in [7, 11) is 2.14. The monoisotopic (exact) mass is 308 g/mol. The highest BCUT2D eigenvalue weighted by molar-refractivity contribution is 5.65. The van der Waals surface area contributed by atoms with Gasteiger partial charge in [0.2, 0.25) is 0 Å². The number of likely N-dealkylation sites (N-methyl/N-ethyl adjacent to an activating group) is 1. The van der Waals surface area contributed by atoms with Crippen LogP contribution in [0.4, 0.5) is 0 Å². The molecule has 0 atom stereocenters. The Kier molecular flexibility index (Phi) is 3.99. The third kappa shape index (κ3) is 3.02. The topological polar surface area (TPSA) is 44.9 Å². The number of aromatic nitrogens is 2. The summed E-state index contributed by atoms with van der Waals surface area (Å²) >= 11 is 0. The van der Waals surface area contributed by atoms with Gasteiger partial charge in [0.25, 0.3) is 0 Å². The second-order valence-electron chi connectivity index (χ2n) is 7.40. The Bertz CT molecular complexity index is 741. The van der Waals surface area contributed by atoms with E-state index in [9.17, 15) is 0 Å². The molecule has 0 radical (unpaired) electrons. The second kappa shape index (κ2) is 5.82. The van der Waals surface area contributed by atoms with Crippen molar-refractivity contribution >= 4 is 0 Å². The Hall–Kier alpha value is -2.12. The first-order valence-corrected chi connectivity index (χ1v) is 8.15. The van der Waals surface area contributed by atoms with Gasteiger partial charge in [0, 0.05) is 36.3 Å². The van der Waals surface area contributed by atoms with E-state index >= 15 is 0 Å². The first-order valence-electron chi connectivity index (χ1n) is 8.15. The summed E-state index contributed by atoms with van der Waals surface area (Å²) in [4.78, 5) is 2.31. The molecule has 0 saturated carbocycles. The summed E-state index contributed by atoms with van der Waals surface area (Å²) in [6.07, 6.45) is 0.959. The van der Waals surface area contributed by atoms with E-state index in [-0.39, 0.29) is 5.41 Å². The molecule has 0 saturated heterocycles. The molecule has 0 amide bonds. The Morgan fingerprint density at radius 1 is 1.22 bits per heavy atom. The predicted octanol–water partition coefficient (Wildman–Crippen LogP) is 3.36. The molecule has 4 nitrogen and oxygen atoms in total. The fourth-order valence-electron chi connectivity index (χ4n) is 3.18. The molecule has 0 bridgehead atoms. The Labute approximate surface area is 138 Å². The van der Waals surface area contributed by atoms with E-state index in [2.05, 4.69) is 63.1 Å². The molecule has 1 aromatic carbocycles. The van der Waals surface area contributed by atoms with Gasteiger partial charge in [-0.05, 0) is 18.0 Å². The van der Waals surface area contributed by atoms with Gasteiger partial charge in [-0.25, -0.2) is 0 Å². The molecule has 0 fully saturated rings. The fraction of sp³-hybridized carbons (Fsp3) is 0.474. The van der Waals surface area contributed by atoms with Crippen LogP contribution in [0.25, 0.3) is 11.3 Å². The van der Waals surface area contributed by atoms with Crippen LogP contribution < -0.4 is 0 Å². The van der Waals surface area contributed by atoms with Crippen LogP contribution in [-0.2, 0) is 24.9 Å². The van der Waals surface area contributed by atoms with E-state index in [1.165, 1.54) is 16.8 Å². The maximum absolute atomic E-state index is 9.06. The Morgan fingerprint density at radius 2 is 1.91 bits per heavy atom. The largest absolute Gasteiger partial charge is 0.302 e. The third-order valence-electron chi connectivity index (χ3n) is 4.57. The van der Waals surface area contributed by atoms with Crippen LogP contribution in [0.15, 0.2) is 24.3 Å². The molecule has 0 aliphatic carbocycles. The van der Waals surface area contributed by atoms with E-state index in [0.717, 1.165) is 30.8 Å². The molecule has 23 heavy (non-hydrogen) atoms. The quantitative estimate of drug-likeness (QED) is 0.854. The van der Waals surface area contributed by atoms with Gasteiger partial charge in [-0.1, -0.05) is 45.0 Å². The average Bonchev–Trinajstić information content (AvgIpc) is 2.85. The van der Waals surface area contributed by atoms with Gasteiger partial charge in [0.1, 0.15) is 6.54 Å². The third-order valence-corrected chi connectivity index (χ3v) is 4.57. The molecule has 4 heteroatoms. The molecule has 120 valence electrons. The van der Waals surface area contributed by atoms with Crippen LogP contribution in [0.1, 0.15) is 37.6 Å². The van der Waals surface area contributed by atoms with Crippen LogP contribution in [0.2, 0.25) is 0 Å². The maximum Gasteiger partial charge on any atom is 0.128 e. The highest BCUT2D eigenvalue weighted by Gasteiger charge is 2.24. The van der Waals surface area contributed by atoms with Crippen molar-refractivity contribution in [1.29, 1.82) is 5.26 Å². The predicted molar refractivity (Wildman–Crippen MR) is 92.0 cm³/mol. The van der Waals surface area contributed by atoms with Gasteiger partial charge in [-0.2, -0.15) is 10.4 Å². The van der Waals surface area contributed by atoms with Crippen molar-refractivity contribution in [3.63, 3.8) is 0 Å². The van der Waals surface area contributed by atoms with Crippen molar-refractivity contribution in [2.75, 3.05) is 13.6 Å². The maximum atomic E-state index is 9.06. The molecular formula is C19H24N4. The minimum Gasteiger partial charge on any atom is -0.302 e. The number of hydrogen-bond acceptors (Lipinski definition) is 3. The minimum absolute atomic E-state index is 0.151.